The number of carbonyl (C=O) groups excluding carboxylic acids is 2. The second-order valence-corrected chi connectivity index (χ2v) is 9.61. The van der Waals surface area contributed by atoms with Crippen LogP contribution in [0.3, 0.4) is 0 Å². The predicted molar refractivity (Wildman–Crippen MR) is 133 cm³/mol. The maximum absolute atomic E-state index is 12.8. The number of imide groups is 1. The van der Waals surface area contributed by atoms with Crippen molar-refractivity contribution >= 4 is 68.1 Å². The molecule has 3 aromatic carbocycles. The van der Waals surface area contributed by atoms with Gasteiger partial charge in [-0.2, -0.15) is 0 Å². The number of thioether (sulfide) groups is 1. The normalized spacial score (nSPS) is 15.0. The molecule has 0 bridgehead atoms. The van der Waals surface area contributed by atoms with Crippen LogP contribution in [0.15, 0.2) is 76.1 Å². The third kappa shape index (κ3) is 5.21. The molecule has 0 atom stereocenters. The van der Waals surface area contributed by atoms with E-state index in [0.29, 0.717) is 30.7 Å². The van der Waals surface area contributed by atoms with Crippen LogP contribution in [-0.2, 0) is 17.9 Å². The number of ether oxygens (including phenoxy) is 1. The molecule has 4 rings (SSSR count). The predicted octanol–water partition coefficient (Wildman–Crippen LogP) is 7.57. The summed E-state index contributed by atoms with van der Waals surface area (Å²) in [6.07, 6.45) is 1.66. The molecule has 1 saturated heterocycles. The first kappa shape index (κ1) is 22.9. The number of amides is 2. The van der Waals surface area contributed by atoms with Crippen molar-refractivity contribution in [1.82, 2.24) is 4.90 Å². The van der Waals surface area contributed by atoms with E-state index in [1.165, 1.54) is 4.90 Å². The Bertz CT molecular complexity index is 1190. The minimum atomic E-state index is -0.324. The molecule has 1 aliphatic heterocycles. The Labute approximate surface area is 208 Å². The number of nitrogens with zero attached hydrogens (tertiary/aromatic N) is 1. The van der Waals surface area contributed by atoms with Crippen LogP contribution in [0.2, 0.25) is 10.0 Å². The Morgan fingerprint density at radius 3 is 2.41 bits per heavy atom. The Kier molecular flexibility index (Phi) is 7.26. The Balaban J connectivity index is 1.51. The molecule has 0 aliphatic carbocycles. The van der Waals surface area contributed by atoms with Gasteiger partial charge in [0, 0.05) is 10.6 Å². The van der Waals surface area contributed by atoms with E-state index < -0.39 is 0 Å². The van der Waals surface area contributed by atoms with Gasteiger partial charge < -0.3 is 4.74 Å². The highest BCUT2D eigenvalue weighted by atomic mass is 79.9. The van der Waals surface area contributed by atoms with Gasteiger partial charge in [-0.1, -0.05) is 71.7 Å². The van der Waals surface area contributed by atoms with Crippen LogP contribution in [0.25, 0.3) is 6.08 Å². The molecule has 0 radical (unpaired) electrons. The first-order valence-corrected chi connectivity index (χ1v) is 11.9. The van der Waals surface area contributed by atoms with Crippen LogP contribution < -0.4 is 4.74 Å². The van der Waals surface area contributed by atoms with Crippen molar-refractivity contribution in [3.8, 4) is 5.75 Å². The van der Waals surface area contributed by atoms with Crippen LogP contribution in [0.5, 0.6) is 5.75 Å². The Morgan fingerprint density at radius 1 is 0.969 bits per heavy atom. The minimum Gasteiger partial charge on any atom is -0.486 e. The van der Waals surface area contributed by atoms with Crippen LogP contribution in [0.4, 0.5) is 4.79 Å². The summed E-state index contributed by atoms with van der Waals surface area (Å²) in [6.45, 7) is 0.498. The maximum Gasteiger partial charge on any atom is 0.293 e. The van der Waals surface area contributed by atoms with Crippen LogP contribution in [0.1, 0.15) is 16.7 Å². The van der Waals surface area contributed by atoms with Crippen molar-refractivity contribution < 1.29 is 14.3 Å². The molecular weight excluding hydrogens is 533 g/mol. The first-order valence-electron chi connectivity index (χ1n) is 9.57. The summed E-state index contributed by atoms with van der Waals surface area (Å²) in [7, 11) is 0. The number of benzene rings is 3. The minimum absolute atomic E-state index is 0.238. The second-order valence-electron chi connectivity index (χ2n) is 6.95. The lowest BCUT2D eigenvalue weighted by atomic mass is 10.2. The summed E-state index contributed by atoms with van der Waals surface area (Å²) >= 11 is 17.0. The third-order valence-electron chi connectivity index (χ3n) is 4.71. The van der Waals surface area contributed by atoms with Crippen LogP contribution in [0, 0.1) is 0 Å². The summed E-state index contributed by atoms with van der Waals surface area (Å²) in [4.78, 5) is 26.8. The molecule has 4 nitrogen and oxygen atoms in total. The molecular formula is C24H16BrCl2NO3S. The fraction of sp³-hybridized carbons (Fsp3) is 0.0833. The monoisotopic (exact) mass is 547 g/mol. The van der Waals surface area contributed by atoms with Crippen LogP contribution >= 0.6 is 50.9 Å². The van der Waals surface area contributed by atoms with Gasteiger partial charge in [-0.05, 0) is 63.1 Å². The van der Waals surface area contributed by atoms with Gasteiger partial charge in [-0.15, -0.1) is 0 Å². The second kappa shape index (κ2) is 10.1. The topological polar surface area (TPSA) is 46.6 Å². The molecule has 0 aromatic heterocycles. The fourth-order valence-electron chi connectivity index (χ4n) is 3.12. The third-order valence-corrected chi connectivity index (χ3v) is 6.85. The summed E-state index contributed by atoms with van der Waals surface area (Å²) in [5.74, 6) is 0.149. The molecule has 1 fully saturated rings. The van der Waals surface area contributed by atoms with Gasteiger partial charge in [0.15, 0.2) is 5.75 Å². The summed E-state index contributed by atoms with van der Waals surface area (Å²) < 4.78 is 6.49. The summed E-state index contributed by atoms with van der Waals surface area (Å²) in [6, 6.07) is 20.3. The smallest absolute Gasteiger partial charge is 0.293 e. The van der Waals surface area contributed by atoms with E-state index in [1.807, 2.05) is 48.5 Å². The first-order chi connectivity index (χ1) is 15.4. The largest absolute Gasteiger partial charge is 0.486 e. The van der Waals surface area contributed by atoms with E-state index in [2.05, 4.69) is 15.9 Å². The molecule has 0 saturated carbocycles. The molecule has 0 N–H and O–H groups in total. The maximum atomic E-state index is 12.8. The van der Waals surface area contributed by atoms with Gasteiger partial charge >= 0.3 is 0 Å². The molecule has 32 heavy (non-hydrogen) atoms. The van der Waals surface area contributed by atoms with Gasteiger partial charge in [0.05, 0.1) is 20.9 Å². The number of carbonyl (C=O) groups is 2. The average Bonchev–Trinajstić information content (AvgIpc) is 3.02. The fourth-order valence-corrected chi connectivity index (χ4v) is 5.14. The lowest BCUT2D eigenvalue weighted by Crippen LogP contribution is -2.27. The number of rotatable bonds is 6. The zero-order valence-corrected chi connectivity index (χ0v) is 20.5. The van der Waals surface area contributed by atoms with Crippen molar-refractivity contribution in [2.45, 2.75) is 13.2 Å². The zero-order chi connectivity index (χ0) is 22.7. The molecule has 0 unspecified atom stereocenters. The van der Waals surface area contributed by atoms with Crippen LogP contribution in [-0.4, -0.2) is 16.0 Å². The highest BCUT2D eigenvalue weighted by Crippen LogP contribution is 2.38. The van der Waals surface area contributed by atoms with E-state index in [1.54, 1.807) is 24.3 Å². The number of hydrogen-bond acceptors (Lipinski definition) is 4. The van der Waals surface area contributed by atoms with Crippen molar-refractivity contribution in [2.24, 2.45) is 0 Å². The number of hydrogen-bond donors (Lipinski definition) is 0. The van der Waals surface area contributed by atoms with Gasteiger partial charge in [0.1, 0.15) is 6.61 Å². The highest BCUT2D eigenvalue weighted by Gasteiger charge is 2.35. The quantitative estimate of drug-likeness (QED) is 0.298. The molecule has 1 aliphatic rings. The lowest BCUT2D eigenvalue weighted by Gasteiger charge is -2.13. The average molecular weight is 549 g/mol. The SMILES string of the molecule is O=C1S/C(=C\c2cc(Cl)c(OCc3ccccc3Cl)c(Br)c2)C(=O)N1Cc1ccccc1. The standard InChI is InChI=1S/C24H16BrCl2NO3S/c25-18-10-16(11-20(27)22(18)31-14-17-8-4-5-9-19(17)26)12-21-23(29)28(24(30)32-21)13-15-6-2-1-3-7-15/h1-12H,13-14H2/b21-12-. The van der Waals surface area contributed by atoms with Gasteiger partial charge in [-0.3, -0.25) is 14.5 Å². The van der Waals surface area contributed by atoms with E-state index in [0.717, 1.165) is 22.9 Å². The van der Waals surface area contributed by atoms with Gasteiger partial charge in [-0.25, -0.2) is 0 Å². The van der Waals surface area contributed by atoms with E-state index in [9.17, 15) is 9.59 Å². The Hall–Kier alpha value is -2.25. The van der Waals surface area contributed by atoms with E-state index in [-0.39, 0.29) is 24.3 Å². The molecule has 162 valence electrons. The highest BCUT2D eigenvalue weighted by molar-refractivity contribution is 9.10. The molecule has 2 amide bonds. The lowest BCUT2D eigenvalue weighted by molar-refractivity contribution is -0.123. The van der Waals surface area contributed by atoms with Gasteiger partial charge in [0.2, 0.25) is 0 Å². The molecule has 8 heteroatoms. The summed E-state index contributed by atoms with van der Waals surface area (Å²) in [5.41, 5.74) is 2.41. The molecule has 3 aromatic rings. The zero-order valence-electron chi connectivity index (χ0n) is 16.6. The number of halogens is 3. The Morgan fingerprint density at radius 2 is 1.69 bits per heavy atom. The van der Waals surface area contributed by atoms with Crippen molar-refractivity contribution in [2.75, 3.05) is 0 Å². The molecule has 1 heterocycles. The van der Waals surface area contributed by atoms with Crippen molar-refractivity contribution in [1.29, 1.82) is 0 Å². The van der Waals surface area contributed by atoms with E-state index in [4.69, 9.17) is 27.9 Å². The van der Waals surface area contributed by atoms with Crippen molar-refractivity contribution in [3.63, 3.8) is 0 Å². The molecule has 0 spiro atoms. The van der Waals surface area contributed by atoms with Gasteiger partial charge in [0.25, 0.3) is 11.1 Å². The summed E-state index contributed by atoms with van der Waals surface area (Å²) in [5, 5.41) is 0.693. The van der Waals surface area contributed by atoms with Crippen molar-refractivity contribution in [3.05, 3.63) is 103 Å². The van der Waals surface area contributed by atoms with E-state index >= 15 is 0 Å².